The largest absolute Gasteiger partial charge is 0.463 e. The molecule has 5 atom stereocenters. The summed E-state index contributed by atoms with van der Waals surface area (Å²) in [5.41, 5.74) is 0.379. The summed E-state index contributed by atoms with van der Waals surface area (Å²) in [7, 11) is 0. The molecule has 2 aromatic rings. The van der Waals surface area contributed by atoms with E-state index in [-0.39, 0.29) is 12.4 Å². The van der Waals surface area contributed by atoms with Gasteiger partial charge in [-0.15, -0.1) is 11.3 Å². The second kappa shape index (κ2) is 13.0. The number of nitrogens with one attached hydrogen (secondary N) is 1. The summed E-state index contributed by atoms with van der Waals surface area (Å²) in [5.74, 6) is -2.66. The number of esters is 4. The summed E-state index contributed by atoms with van der Waals surface area (Å²) in [6.07, 6.45) is -6.79. The second-order valence-electron chi connectivity index (χ2n) is 8.18. The fourth-order valence-corrected chi connectivity index (χ4v) is 4.44. The van der Waals surface area contributed by atoms with E-state index >= 15 is 0 Å². The Morgan fingerprint density at radius 3 is 2.11 bits per heavy atom. The number of carbonyl (C=O) groups excluding carboxylic acids is 5. The number of thiophene rings is 1. The molecule has 0 bridgehead atoms. The van der Waals surface area contributed by atoms with Crippen LogP contribution in [-0.4, -0.2) is 61.0 Å². The average molecular weight is 550 g/mol. The Balaban J connectivity index is 1.96. The van der Waals surface area contributed by atoms with Gasteiger partial charge in [0.2, 0.25) is 0 Å². The molecule has 1 N–H and O–H groups in total. The molecule has 2 heterocycles. The summed E-state index contributed by atoms with van der Waals surface area (Å²) in [5, 5.41) is 4.97. The maximum Gasteiger partial charge on any atom is 0.417 e. The molecular weight excluding hydrogens is 522 g/mol. The highest BCUT2D eigenvalue weighted by molar-refractivity contribution is 7.14. The fourth-order valence-electron chi connectivity index (χ4n) is 3.83. The van der Waals surface area contributed by atoms with Crippen molar-refractivity contribution in [2.75, 3.05) is 11.9 Å². The van der Waals surface area contributed by atoms with Crippen LogP contribution < -0.4 is 10.1 Å². The van der Waals surface area contributed by atoms with Crippen molar-refractivity contribution >= 4 is 46.3 Å². The lowest BCUT2D eigenvalue weighted by Crippen LogP contribution is -2.59. The SMILES string of the molecule is CC(=O)OC[C@H]1O[C@H](c2cccc(OC(=O)Nc3cccs3)c2)[C@@H](OC(C)=O)[C@@H](OC(C)=O)[C@@H]1OC(C)=O. The average Bonchev–Trinajstić information content (AvgIpc) is 3.32. The van der Waals surface area contributed by atoms with Gasteiger partial charge in [0.05, 0.1) is 5.00 Å². The summed E-state index contributed by atoms with van der Waals surface area (Å²) in [4.78, 5) is 59.7. The molecule has 12 nitrogen and oxygen atoms in total. The van der Waals surface area contributed by atoms with Crippen LogP contribution in [0.2, 0.25) is 0 Å². The van der Waals surface area contributed by atoms with E-state index in [0.717, 1.165) is 20.8 Å². The first-order valence-electron chi connectivity index (χ1n) is 11.5. The summed E-state index contributed by atoms with van der Waals surface area (Å²) >= 11 is 1.32. The Bertz CT molecular complexity index is 1170. The van der Waals surface area contributed by atoms with E-state index in [1.807, 2.05) is 0 Å². The molecule has 3 rings (SSSR count). The van der Waals surface area contributed by atoms with Crippen molar-refractivity contribution in [3.05, 3.63) is 47.3 Å². The lowest BCUT2D eigenvalue weighted by atomic mass is 9.90. The van der Waals surface area contributed by atoms with Crippen LogP contribution in [0.3, 0.4) is 0 Å². The molecular formula is C25H27NO11S. The number of amides is 1. The van der Waals surface area contributed by atoms with Gasteiger partial charge in [0, 0.05) is 27.7 Å². The zero-order valence-electron chi connectivity index (χ0n) is 21.0. The highest BCUT2D eigenvalue weighted by atomic mass is 32.1. The number of anilines is 1. The highest BCUT2D eigenvalue weighted by Gasteiger charge is 2.52. The number of rotatable bonds is 8. The van der Waals surface area contributed by atoms with Gasteiger partial charge in [-0.2, -0.15) is 0 Å². The van der Waals surface area contributed by atoms with E-state index in [2.05, 4.69) is 5.32 Å². The molecule has 13 heteroatoms. The number of hydrogen-bond acceptors (Lipinski definition) is 12. The summed E-state index contributed by atoms with van der Waals surface area (Å²) in [6, 6.07) is 9.69. The molecule has 0 unspecified atom stereocenters. The Labute approximate surface area is 222 Å². The number of carbonyl (C=O) groups is 5. The highest BCUT2D eigenvalue weighted by Crippen LogP contribution is 2.38. The van der Waals surface area contributed by atoms with Gasteiger partial charge in [-0.3, -0.25) is 24.5 Å². The first-order chi connectivity index (χ1) is 18.0. The number of ether oxygens (including phenoxy) is 6. The molecule has 1 aromatic heterocycles. The molecule has 1 aliphatic heterocycles. The zero-order chi connectivity index (χ0) is 27.8. The van der Waals surface area contributed by atoms with Gasteiger partial charge in [-0.1, -0.05) is 12.1 Å². The molecule has 1 fully saturated rings. The first-order valence-corrected chi connectivity index (χ1v) is 12.3. The van der Waals surface area contributed by atoms with E-state index in [4.69, 9.17) is 28.4 Å². The van der Waals surface area contributed by atoms with E-state index in [1.54, 1.807) is 29.6 Å². The van der Waals surface area contributed by atoms with Crippen molar-refractivity contribution in [1.29, 1.82) is 0 Å². The van der Waals surface area contributed by atoms with Gasteiger partial charge >= 0.3 is 30.0 Å². The standard InChI is InChI=1S/C25H27NO11S/c1-13(27)32-12-19-22(33-14(2)28)24(35-16(4)30)23(34-15(3)29)21(37-19)17-7-5-8-18(11-17)36-25(31)26-20-9-6-10-38-20/h5-11,19,21-24H,12H2,1-4H3,(H,26,31)/t19-,21-,22-,23-,24+/m1/s1. The van der Waals surface area contributed by atoms with Gasteiger partial charge in [-0.25, -0.2) is 4.79 Å². The van der Waals surface area contributed by atoms with Crippen LogP contribution in [0.15, 0.2) is 41.8 Å². The van der Waals surface area contributed by atoms with Crippen LogP contribution in [0.5, 0.6) is 5.75 Å². The maximum atomic E-state index is 12.3. The molecule has 0 saturated carbocycles. The first kappa shape index (κ1) is 28.6. The third-order valence-electron chi connectivity index (χ3n) is 5.13. The van der Waals surface area contributed by atoms with Crippen molar-refractivity contribution < 1.29 is 52.4 Å². The Morgan fingerprint density at radius 1 is 0.842 bits per heavy atom. The van der Waals surface area contributed by atoms with Crippen LogP contribution >= 0.6 is 11.3 Å². The molecule has 1 aromatic carbocycles. The van der Waals surface area contributed by atoms with Crippen LogP contribution in [-0.2, 0) is 42.9 Å². The fraction of sp³-hybridized carbons (Fsp3) is 0.400. The minimum Gasteiger partial charge on any atom is -0.463 e. The predicted octanol–water partition coefficient (Wildman–Crippen LogP) is 3.16. The van der Waals surface area contributed by atoms with E-state index in [0.29, 0.717) is 10.6 Å². The van der Waals surface area contributed by atoms with Crippen molar-refractivity contribution in [2.24, 2.45) is 0 Å². The Morgan fingerprint density at radius 2 is 1.50 bits per heavy atom. The van der Waals surface area contributed by atoms with Gasteiger partial charge in [0.15, 0.2) is 18.3 Å². The molecule has 204 valence electrons. The Hall–Kier alpha value is -3.97. The predicted molar refractivity (Wildman–Crippen MR) is 131 cm³/mol. The number of benzene rings is 1. The monoisotopic (exact) mass is 549 g/mol. The maximum absolute atomic E-state index is 12.3. The van der Waals surface area contributed by atoms with Gasteiger partial charge in [0.25, 0.3) is 0 Å². The minimum atomic E-state index is -1.31. The van der Waals surface area contributed by atoms with Crippen molar-refractivity contribution in [3.63, 3.8) is 0 Å². The zero-order valence-corrected chi connectivity index (χ0v) is 21.9. The molecule has 1 aliphatic rings. The minimum absolute atomic E-state index is 0.143. The van der Waals surface area contributed by atoms with Crippen LogP contribution in [0.25, 0.3) is 0 Å². The molecule has 0 aliphatic carbocycles. The van der Waals surface area contributed by atoms with Crippen molar-refractivity contribution in [2.45, 2.75) is 58.2 Å². The second-order valence-corrected chi connectivity index (χ2v) is 9.13. The van der Waals surface area contributed by atoms with Gasteiger partial charge in [0.1, 0.15) is 24.6 Å². The van der Waals surface area contributed by atoms with Crippen LogP contribution in [0.1, 0.15) is 39.4 Å². The lowest BCUT2D eigenvalue weighted by molar-refractivity contribution is -0.254. The lowest BCUT2D eigenvalue weighted by Gasteiger charge is -2.44. The van der Waals surface area contributed by atoms with Gasteiger partial charge < -0.3 is 28.4 Å². The topological polar surface area (TPSA) is 153 Å². The van der Waals surface area contributed by atoms with Gasteiger partial charge in [-0.05, 0) is 35.2 Å². The third kappa shape index (κ3) is 8.02. The van der Waals surface area contributed by atoms with Crippen LogP contribution in [0.4, 0.5) is 9.80 Å². The summed E-state index contributed by atoms with van der Waals surface area (Å²) in [6.45, 7) is 4.27. The van der Waals surface area contributed by atoms with Crippen LogP contribution in [0, 0.1) is 0 Å². The molecule has 1 saturated heterocycles. The number of hydrogen-bond donors (Lipinski definition) is 1. The molecule has 1 amide bonds. The van der Waals surface area contributed by atoms with E-state index < -0.39 is 60.5 Å². The third-order valence-corrected chi connectivity index (χ3v) is 5.92. The quantitative estimate of drug-likeness (QED) is 0.382. The summed E-state index contributed by atoms with van der Waals surface area (Å²) < 4.78 is 32.9. The van der Waals surface area contributed by atoms with E-state index in [1.165, 1.54) is 30.4 Å². The van der Waals surface area contributed by atoms with Crippen molar-refractivity contribution in [3.8, 4) is 5.75 Å². The Kier molecular flexibility index (Phi) is 9.79. The normalized spacial score (nSPS) is 22.5. The van der Waals surface area contributed by atoms with Crippen molar-refractivity contribution in [1.82, 2.24) is 0 Å². The smallest absolute Gasteiger partial charge is 0.417 e. The molecule has 0 radical (unpaired) electrons. The molecule has 38 heavy (non-hydrogen) atoms. The van der Waals surface area contributed by atoms with E-state index in [9.17, 15) is 24.0 Å². The molecule has 0 spiro atoms.